The Morgan fingerprint density at radius 3 is 3.19 bits per heavy atom. The van der Waals surface area contributed by atoms with E-state index in [0.29, 0.717) is 44.3 Å². The van der Waals surface area contributed by atoms with E-state index in [-0.39, 0.29) is 18.0 Å². The first-order valence-electron chi connectivity index (χ1n) is 8.89. The molecule has 4 rings (SSSR count). The molecule has 3 aromatic rings. The summed E-state index contributed by atoms with van der Waals surface area (Å²) in [6, 6.07) is 4.50. The van der Waals surface area contributed by atoms with Crippen molar-refractivity contribution in [3.63, 3.8) is 0 Å². The van der Waals surface area contributed by atoms with Crippen molar-refractivity contribution >= 4 is 16.9 Å². The van der Waals surface area contributed by atoms with Crippen molar-refractivity contribution < 1.29 is 13.9 Å². The first-order valence-corrected chi connectivity index (χ1v) is 8.89. The summed E-state index contributed by atoms with van der Waals surface area (Å²) >= 11 is 0. The molecule has 2 aromatic heterocycles. The molecule has 3 heterocycles. The normalized spacial score (nSPS) is 17.4. The molecule has 0 radical (unpaired) electrons. The van der Waals surface area contributed by atoms with Crippen molar-refractivity contribution in [1.29, 1.82) is 0 Å². The lowest BCUT2D eigenvalue weighted by Gasteiger charge is -2.31. The van der Waals surface area contributed by atoms with E-state index in [0.717, 1.165) is 16.5 Å². The van der Waals surface area contributed by atoms with Crippen LogP contribution in [-0.2, 0) is 11.2 Å². The summed E-state index contributed by atoms with van der Waals surface area (Å²) < 4.78 is 19.1. The molecule has 0 spiro atoms. The van der Waals surface area contributed by atoms with Crippen molar-refractivity contribution in [1.82, 2.24) is 30.4 Å². The third-order valence-corrected chi connectivity index (χ3v) is 4.66. The molecule has 0 saturated carbocycles. The van der Waals surface area contributed by atoms with Crippen LogP contribution >= 0.6 is 0 Å². The summed E-state index contributed by atoms with van der Waals surface area (Å²) in [7, 11) is 0. The fourth-order valence-corrected chi connectivity index (χ4v) is 3.27. The number of hydrogen-bond donors (Lipinski definition) is 3. The second-order valence-electron chi connectivity index (χ2n) is 6.57. The Balaban J connectivity index is 1.33. The number of morpholine rings is 1. The fourth-order valence-electron chi connectivity index (χ4n) is 3.27. The smallest absolute Gasteiger partial charge is 0.317 e. The summed E-state index contributed by atoms with van der Waals surface area (Å²) in [5, 5.41) is 10.7. The van der Waals surface area contributed by atoms with E-state index < -0.39 is 0 Å². The van der Waals surface area contributed by atoms with Crippen molar-refractivity contribution in [2.75, 3.05) is 26.2 Å². The van der Waals surface area contributed by atoms with Crippen LogP contribution in [0.15, 0.2) is 24.4 Å². The van der Waals surface area contributed by atoms with Gasteiger partial charge >= 0.3 is 6.03 Å². The van der Waals surface area contributed by atoms with E-state index >= 15 is 0 Å². The van der Waals surface area contributed by atoms with Crippen molar-refractivity contribution in [3.8, 4) is 0 Å². The van der Waals surface area contributed by atoms with Crippen LogP contribution in [0.4, 0.5) is 9.18 Å². The van der Waals surface area contributed by atoms with Crippen molar-refractivity contribution in [2.24, 2.45) is 0 Å². The van der Waals surface area contributed by atoms with Gasteiger partial charge in [-0.05, 0) is 37.1 Å². The van der Waals surface area contributed by atoms with E-state index in [4.69, 9.17) is 4.74 Å². The fraction of sp³-hybridized carbons (Fsp3) is 0.389. The van der Waals surface area contributed by atoms with Crippen molar-refractivity contribution in [3.05, 3.63) is 47.4 Å². The maximum Gasteiger partial charge on any atom is 0.317 e. The molecule has 1 saturated heterocycles. The molecule has 3 N–H and O–H groups in total. The van der Waals surface area contributed by atoms with E-state index in [2.05, 4.69) is 25.5 Å². The summed E-state index contributed by atoms with van der Waals surface area (Å²) in [6.45, 7) is 3.64. The summed E-state index contributed by atoms with van der Waals surface area (Å²) in [6.07, 6.45) is 2.14. The van der Waals surface area contributed by atoms with Gasteiger partial charge in [-0.2, -0.15) is 5.10 Å². The predicted molar refractivity (Wildman–Crippen MR) is 96.7 cm³/mol. The number of rotatable bonds is 4. The second kappa shape index (κ2) is 7.36. The lowest BCUT2D eigenvalue weighted by Crippen LogP contribution is -2.47. The molecule has 0 aliphatic carbocycles. The van der Waals surface area contributed by atoms with Crippen LogP contribution in [-0.4, -0.2) is 57.3 Å². The summed E-state index contributed by atoms with van der Waals surface area (Å²) in [5.41, 5.74) is 1.86. The minimum Gasteiger partial charge on any atom is -0.366 e. The number of nitrogens with zero attached hydrogens (tertiary/aromatic N) is 3. The Hall–Kier alpha value is -2.94. The van der Waals surface area contributed by atoms with E-state index in [9.17, 15) is 9.18 Å². The first kappa shape index (κ1) is 17.5. The lowest BCUT2D eigenvalue weighted by atomic mass is 10.1. The Bertz CT molecular complexity index is 952. The van der Waals surface area contributed by atoms with Gasteiger partial charge in [-0.25, -0.2) is 14.2 Å². The lowest BCUT2D eigenvalue weighted by molar-refractivity contribution is -0.0197. The number of aromatic nitrogens is 4. The number of nitrogens with one attached hydrogen (secondary N) is 3. The molecular formula is C18H21FN6O2. The number of halogens is 1. The zero-order chi connectivity index (χ0) is 18.8. The molecule has 0 bridgehead atoms. The number of fused-ring (bicyclic) bond motifs is 1. The van der Waals surface area contributed by atoms with Crippen LogP contribution in [0, 0.1) is 12.7 Å². The Morgan fingerprint density at radius 2 is 2.37 bits per heavy atom. The Kier molecular flexibility index (Phi) is 4.76. The average molecular weight is 372 g/mol. The molecule has 1 unspecified atom stereocenters. The Labute approximate surface area is 155 Å². The number of urea groups is 1. The van der Waals surface area contributed by atoms with Crippen molar-refractivity contribution in [2.45, 2.75) is 19.4 Å². The van der Waals surface area contributed by atoms with Crippen LogP contribution in [0.1, 0.15) is 23.3 Å². The van der Waals surface area contributed by atoms with E-state index in [1.807, 2.05) is 13.1 Å². The van der Waals surface area contributed by atoms with Gasteiger partial charge in [0.15, 0.2) is 5.82 Å². The number of aromatic amines is 2. The highest BCUT2D eigenvalue weighted by Crippen LogP contribution is 2.20. The standard InChI is InChI=1S/C18H21FN6O2/c1-11-22-17(24-23-11)16-10-25(6-7-27-16)18(26)20-5-4-12-9-21-15-3-2-13(19)8-14(12)15/h2-3,8-9,16,21H,4-7,10H2,1H3,(H,20,26)(H,22,23,24). The second-order valence-corrected chi connectivity index (χ2v) is 6.57. The quantitative estimate of drug-likeness (QED) is 0.653. The summed E-state index contributed by atoms with van der Waals surface area (Å²) in [4.78, 5) is 21.6. The van der Waals surface area contributed by atoms with E-state index in [1.54, 1.807) is 11.0 Å². The van der Waals surface area contributed by atoms with Gasteiger partial charge < -0.3 is 19.9 Å². The molecule has 1 aliphatic heterocycles. The number of hydrogen-bond acceptors (Lipinski definition) is 4. The highest BCUT2D eigenvalue weighted by molar-refractivity contribution is 5.83. The van der Waals surface area contributed by atoms with Gasteiger partial charge in [0.2, 0.25) is 0 Å². The van der Waals surface area contributed by atoms with Gasteiger partial charge in [0.1, 0.15) is 17.7 Å². The maximum absolute atomic E-state index is 13.5. The summed E-state index contributed by atoms with van der Waals surface area (Å²) in [5.74, 6) is 1.00. The monoisotopic (exact) mass is 372 g/mol. The SMILES string of the molecule is Cc1nc(C2CN(C(=O)NCCc3c[nH]c4ccc(F)cc34)CCO2)n[nH]1. The van der Waals surface area contributed by atoms with Crippen LogP contribution in [0.5, 0.6) is 0 Å². The number of carbonyl (C=O) groups is 1. The Morgan fingerprint density at radius 1 is 1.48 bits per heavy atom. The first-order chi connectivity index (χ1) is 13.1. The van der Waals surface area contributed by atoms with Gasteiger partial charge in [-0.3, -0.25) is 5.10 Å². The number of amides is 2. The third kappa shape index (κ3) is 3.77. The number of ether oxygens (including phenoxy) is 1. The molecular weight excluding hydrogens is 351 g/mol. The van der Waals surface area contributed by atoms with Gasteiger partial charge in [0, 0.05) is 30.2 Å². The third-order valence-electron chi connectivity index (χ3n) is 4.66. The molecule has 1 aromatic carbocycles. The zero-order valence-corrected chi connectivity index (χ0v) is 15.0. The number of carbonyl (C=O) groups excluding carboxylic acids is 1. The molecule has 8 nitrogen and oxygen atoms in total. The number of benzene rings is 1. The highest BCUT2D eigenvalue weighted by Gasteiger charge is 2.27. The van der Waals surface area contributed by atoms with Crippen LogP contribution in [0.2, 0.25) is 0 Å². The van der Waals surface area contributed by atoms with Gasteiger partial charge in [-0.1, -0.05) is 0 Å². The largest absolute Gasteiger partial charge is 0.366 e. The van der Waals surface area contributed by atoms with Crippen LogP contribution in [0.25, 0.3) is 10.9 Å². The average Bonchev–Trinajstić information content (AvgIpc) is 3.28. The molecule has 27 heavy (non-hydrogen) atoms. The van der Waals surface area contributed by atoms with E-state index in [1.165, 1.54) is 12.1 Å². The van der Waals surface area contributed by atoms with Crippen LogP contribution < -0.4 is 5.32 Å². The topological polar surface area (TPSA) is 98.9 Å². The molecule has 1 fully saturated rings. The number of aryl methyl sites for hydroxylation is 1. The number of H-pyrrole nitrogens is 2. The highest BCUT2D eigenvalue weighted by atomic mass is 19.1. The minimum atomic E-state index is -0.328. The molecule has 1 aliphatic rings. The van der Waals surface area contributed by atoms with Gasteiger partial charge in [-0.15, -0.1) is 0 Å². The molecule has 1 atom stereocenters. The van der Waals surface area contributed by atoms with Crippen LogP contribution in [0.3, 0.4) is 0 Å². The molecule has 2 amide bonds. The molecule has 9 heteroatoms. The predicted octanol–water partition coefficient (Wildman–Crippen LogP) is 2.06. The minimum absolute atomic E-state index is 0.151. The van der Waals surface area contributed by atoms with Gasteiger partial charge in [0.05, 0.1) is 13.2 Å². The maximum atomic E-state index is 13.5. The zero-order valence-electron chi connectivity index (χ0n) is 15.0. The van der Waals surface area contributed by atoms with Gasteiger partial charge in [0.25, 0.3) is 0 Å². The molecule has 142 valence electrons.